The van der Waals surface area contributed by atoms with Gasteiger partial charge in [0, 0.05) is 31.6 Å². The van der Waals surface area contributed by atoms with Crippen molar-refractivity contribution in [2.24, 2.45) is 5.92 Å². The van der Waals surface area contributed by atoms with Gasteiger partial charge in [0.25, 0.3) is 5.91 Å². The Morgan fingerprint density at radius 2 is 1.67 bits per heavy atom. The molecular formula is C24H26N4O2. The molecule has 0 N–H and O–H groups in total. The maximum absolute atomic E-state index is 13.1. The summed E-state index contributed by atoms with van der Waals surface area (Å²) in [4.78, 5) is 29.7. The van der Waals surface area contributed by atoms with E-state index >= 15 is 0 Å². The van der Waals surface area contributed by atoms with Crippen LogP contribution in [0.4, 0.5) is 0 Å². The molecule has 0 unspecified atom stereocenters. The predicted octanol–water partition coefficient (Wildman–Crippen LogP) is 2.97. The van der Waals surface area contributed by atoms with Gasteiger partial charge in [0.1, 0.15) is 5.69 Å². The SMILES string of the molecule is O=C(Cc1ccccc1)N1CCC(CN2CCn3nc4ccccc4c3C2=O)CC1. The van der Waals surface area contributed by atoms with Crippen molar-refractivity contribution >= 4 is 22.7 Å². The summed E-state index contributed by atoms with van der Waals surface area (Å²) in [5.41, 5.74) is 2.66. The largest absolute Gasteiger partial charge is 0.342 e. The normalized spacial score (nSPS) is 17.4. The van der Waals surface area contributed by atoms with E-state index in [2.05, 4.69) is 5.10 Å². The van der Waals surface area contributed by atoms with Gasteiger partial charge in [-0.2, -0.15) is 5.10 Å². The minimum Gasteiger partial charge on any atom is -0.342 e. The summed E-state index contributed by atoms with van der Waals surface area (Å²) in [6.07, 6.45) is 2.36. The molecule has 0 atom stereocenters. The molecule has 6 nitrogen and oxygen atoms in total. The van der Waals surface area contributed by atoms with Crippen molar-refractivity contribution in [3.8, 4) is 0 Å². The van der Waals surface area contributed by atoms with Gasteiger partial charge in [-0.25, -0.2) is 0 Å². The third-order valence-corrected chi connectivity index (χ3v) is 6.36. The van der Waals surface area contributed by atoms with Crippen LogP contribution in [0.15, 0.2) is 54.6 Å². The lowest BCUT2D eigenvalue weighted by Gasteiger charge is -2.36. The number of rotatable bonds is 4. The van der Waals surface area contributed by atoms with Crippen molar-refractivity contribution < 1.29 is 9.59 Å². The van der Waals surface area contributed by atoms with Crippen LogP contribution in [0, 0.1) is 5.92 Å². The Balaban J connectivity index is 1.19. The van der Waals surface area contributed by atoms with E-state index in [9.17, 15) is 9.59 Å². The number of likely N-dealkylation sites (tertiary alicyclic amines) is 1. The number of hydrogen-bond acceptors (Lipinski definition) is 3. The Hall–Kier alpha value is -3.15. The molecule has 3 heterocycles. The highest BCUT2D eigenvalue weighted by Crippen LogP contribution is 2.25. The fraction of sp³-hybridized carbons (Fsp3) is 0.375. The highest BCUT2D eigenvalue weighted by Gasteiger charge is 2.31. The smallest absolute Gasteiger partial charge is 0.272 e. The number of aromatic nitrogens is 2. The first-order chi connectivity index (χ1) is 14.7. The van der Waals surface area contributed by atoms with Crippen molar-refractivity contribution in [2.45, 2.75) is 25.8 Å². The Bertz CT molecular complexity index is 1070. The van der Waals surface area contributed by atoms with Crippen LogP contribution in [0.2, 0.25) is 0 Å². The summed E-state index contributed by atoms with van der Waals surface area (Å²) in [6, 6.07) is 17.8. The molecule has 0 bridgehead atoms. The van der Waals surface area contributed by atoms with Gasteiger partial charge >= 0.3 is 0 Å². The number of amides is 2. The van der Waals surface area contributed by atoms with Crippen molar-refractivity contribution in [1.82, 2.24) is 19.6 Å². The number of benzene rings is 2. The number of hydrogen-bond donors (Lipinski definition) is 0. The van der Waals surface area contributed by atoms with Crippen LogP contribution in [0.25, 0.3) is 10.9 Å². The minimum absolute atomic E-state index is 0.0810. The molecule has 5 rings (SSSR count). The highest BCUT2D eigenvalue weighted by molar-refractivity contribution is 6.05. The van der Waals surface area contributed by atoms with Crippen molar-refractivity contribution in [2.75, 3.05) is 26.2 Å². The van der Waals surface area contributed by atoms with Crippen molar-refractivity contribution in [3.05, 3.63) is 65.9 Å². The van der Waals surface area contributed by atoms with Crippen LogP contribution in [0.3, 0.4) is 0 Å². The van der Waals surface area contributed by atoms with E-state index in [-0.39, 0.29) is 11.8 Å². The second-order valence-electron chi connectivity index (χ2n) is 8.33. The summed E-state index contributed by atoms with van der Waals surface area (Å²) in [5, 5.41) is 5.51. The molecule has 3 aromatic rings. The maximum atomic E-state index is 13.1. The second kappa shape index (κ2) is 7.94. The molecule has 1 fully saturated rings. The van der Waals surface area contributed by atoms with Gasteiger partial charge in [-0.05, 0) is 30.4 Å². The lowest BCUT2D eigenvalue weighted by atomic mass is 9.95. The minimum atomic E-state index is 0.0810. The molecule has 154 valence electrons. The van der Waals surface area contributed by atoms with Gasteiger partial charge in [0.05, 0.1) is 18.5 Å². The Morgan fingerprint density at radius 1 is 0.933 bits per heavy atom. The Morgan fingerprint density at radius 3 is 2.47 bits per heavy atom. The molecule has 1 aromatic heterocycles. The molecule has 2 aromatic carbocycles. The van der Waals surface area contributed by atoms with E-state index in [1.54, 1.807) is 0 Å². The van der Waals surface area contributed by atoms with Crippen LogP contribution >= 0.6 is 0 Å². The molecule has 30 heavy (non-hydrogen) atoms. The molecule has 2 amide bonds. The predicted molar refractivity (Wildman–Crippen MR) is 115 cm³/mol. The summed E-state index contributed by atoms with van der Waals surface area (Å²) >= 11 is 0. The fourth-order valence-electron chi connectivity index (χ4n) is 4.67. The first-order valence-corrected chi connectivity index (χ1v) is 10.8. The van der Waals surface area contributed by atoms with Gasteiger partial charge in [0.15, 0.2) is 0 Å². The first-order valence-electron chi connectivity index (χ1n) is 10.8. The molecular weight excluding hydrogens is 376 g/mol. The van der Waals surface area contributed by atoms with Gasteiger partial charge in [-0.1, -0.05) is 48.5 Å². The third-order valence-electron chi connectivity index (χ3n) is 6.36. The zero-order chi connectivity index (χ0) is 20.5. The molecule has 0 saturated carbocycles. The number of carbonyl (C=O) groups excluding carboxylic acids is 2. The molecule has 0 spiro atoms. The number of nitrogens with zero attached hydrogens (tertiary/aromatic N) is 4. The van der Waals surface area contributed by atoms with Gasteiger partial charge in [-0.3, -0.25) is 14.3 Å². The highest BCUT2D eigenvalue weighted by atomic mass is 16.2. The Labute approximate surface area is 176 Å². The van der Waals surface area contributed by atoms with Crippen molar-refractivity contribution in [3.63, 3.8) is 0 Å². The summed E-state index contributed by atoms with van der Waals surface area (Å²) in [6.45, 7) is 3.76. The van der Waals surface area contributed by atoms with E-state index in [0.29, 0.717) is 24.6 Å². The topological polar surface area (TPSA) is 58.4 Å². The molecule has 0 radical (unpaired) electrons. The molecule has 2 aliphatic rings. The van der Waals surface area contributed by atoms with Crippen LogP contribution < -0.4 is 0 Å². The summed E-state index contributed by atoms with van der Waals surface area (Å²) in [5.74, 6) is 0.720. The number of fused-ring (bicyclic) bond motifs is 3. The monoisotopic (exact) mass is 402 g/mol. The summed E-state index contributed by atoms with van der Waals surface area (Å²) < 4.78 is 1.86. The molecule has 6 heteroatoms. The van der Waals surface area contributed by atoms with Crippen LogP contribution in [0.5, 0.6) is 0 Å². The maximum Gasteiger partial charge on any atom is 0.272 e. The van der Waals surface area contributed by atoms with E-state index in [0.717, 1.165) is 55.5 Å². The molecule has 2 aliphatic heterocycles. The lowest BCUT2D eigenvalue weighted by Crippen LogP contribution is -2.46. The van der Waals surface area contributed by atoms with Crippen molar-refractivity contribution in [1.29, 1.82) is 0 Å². The quantitative estimate of drug-likeness (QED) is 0.674. The van der Waals surface area contributed by atoms with Gasteiger partial charge in [-0.15, -0.1) is 0 Å². The Kier molecular flexibility index (Phi) is 4.99. The zero-order valence-electron chi connectivity index (χ0n) is 17.0. The van der Waals surface area contributed by atoms with Gasteiger partial charge < -0.3 is 9.80 Å². The number of piperidine rings is 1. The van der Waals surface area contributed by atoms with Crippen LogP contribution in [-0.2, 0) is 17.8 Å². The first kappa shape index (κ1) is 18.9. The van der Waals surface area contributed by atoms with E-state index in [4.69, 9.17) is 0 Å². The van der Waals surface area contributed by atoms with Crippen LogP contribution in [-0.4, -0.2) is 57.6 Å². The lowest BCUT2D eigenvalue weighted by molar-refractivity contribution is -0.131. The van der Waals surface area contributed by atoms with E-state index in [1.165, 1.54) is 0 Å². The zero-order valence-corrected chi connectivity index (χ0v) is 17.0. The second-order valence-corrected chi connectivity index (χ2v) is 8.33. The average molecular weight is 402 g/mol. The average Bonchev–Trinajstić information content (AvgIpc) is 3.16. The molecule has 1 saturated heterocycles. The van der Waals surface area contributed by atoms with Gasteiger partial charge in [0.2, 0.25) is 5.91 Å². The number of carbonyl (C=O) groups is 2. The van der Waals surface area contributed by atoms with E-state index < -0.39 is 0 Å². The van der Waals surface area contributed by atoms with Crippen LogP contribution in [0.1, 0.15) is 28.9 Å². The fourth-order valence-corrected chi connectivity index (χ4v) is 4.67. The summed E-state index contributed by atoms with van der Waals surface area (Å²) in [7, 11) is 0. The third kappa shape index (κ3) is 3.58. The molecule has 0 aliphatic carbocycles. The van der Waals surface area contributed by atoms with E-state index in [1.807, 2.05) is 69.1 Å². The standard InChI is InChI=1S/C24H26N4O2/c29-22(16-18-6-2-1-3-7-18)26-12-10-19(11-13-26)17-27-14-15-28-23(24(27)30)20-8-4-5-9-21(20)25-28/h1-9,19H,10-17H2.